The second-order valence-electron chi connectivity index (χ2n) is 10.1. The predicted molar refractivity (Wildman–Crippen MR) is 142 cm³/mol. The van der Waals surface area contributed by atoms with Crippen molar-refractivity contribution in [3.05, 3.63) is 82.9 Å². The van der Waals surface area contributed by atoms with Gasteiger partial charge in [0.15, 0.2) is 11.5 Å². The van der Waals surface area contributed by atoms with Crippen LogP contribution in [-0.4, -0.2) is 37.8 Å². The summed E-state index contributed by atoms with van der Waals surface area (Å²) >= 11 is 0. The number of aliphatic hydroxyl groups is 1. The SMILES string of the molecule is COc1cccc(OC)c1/C(O)=C1\C(=O)C(=O)N(c2ccc3c(c2)OCO3)C1c1ccc(C(C)(C)C)cc1. The number of methoxy groups -OCH3 is 2. The number of aliphatic hydroxyl groups excluding tert-OH is 1. The minimum Gasteiger partial charge on any atom is -0.506 e. The van der Waals surface area contributed by atoms with Crippen LogP contribution in [0.2, 0.25) is 0 Å². The molecule has 8 nitrogen and oxygen atoms in total. The minimum atomic E-state index is -0.918. The van der Waals surface area contributed by atoms with Crippen LogP contribution in [0.1, 0.15) is 43.5 Å². The Morgan fingerprint density at radius 3 is 2.16 bits per heavy atom. The van der Waals surface area contributed by atoms with Crippen LogP contribution in [0, 0.1) is 0 Å². The van der Waals surface area contributed by atoms with Gasteiger partial charge < -0.3 is 24.1 Å². The zero-order valence-corrected chi connectivity index (χ0v) is 21.9. The van der Waals surface area contributed by atoms with Gasteiger partial charge in [-0.3, -0.25) is 14.5 Å². The fourth-order valence-electron chi connectivity index (χ4n) is 4.83. The number of ketones is 1. The highest BCUT2D eigenvalue weighted by Gasteiger charge is 2.48. The van der Waals surface area contributed by atoms with Crippen molar-refractivity contribution < 1.29 is 33.6 Å². The largest absolute Gasteiger partial charge is 0.506 e. The summed E-state index contributed by atoms with van der Waals surface area (Å²) in [7, 11) is 2.92. The summed E-state index contributed by atoms with van der Waals surface area (Å²) in [6.07, 6.45) is 0. The standard InChI is InChI=1S/C30H29NO7/c1-30(2,3)18-11-9-17(10-12-18)26-25(27(32)24-21(35-4)7-6-8-22(24)36-5)28(33)29(34)31(26)19-13-14-20-23(15-19)38-16-37-20/h6-15,26,32H,16H2,1-5H3/b27-25+. The Hall–Kier alpha value is -4.46. The average molecular weight is 516 g/mol. The summed E-state index contributed by atoms with van der Waals surface area (Å²) in [5.74, 6) is -0.350. The van der Waals surface area contributed by atoms with Crippen LogP contribution in [-0.2, 0) is 15.0 Å². The van der Waals surface area contributed by atoms with Gasteiger partial charge in [0, 0.05) is 11.8 Å². The highest BCUT2D eigenvalue weighted by molar-refractivity contribution is 6.51. The summed E-state index contributed by atoms with van der Waals surface area (Å²) in [6.45, 7) is 6.39. The number of fused-ring (bicyclic) bond motifs is 1. The Balaban J connectivity index is 1.74. The molecular formula is C30H29NO7. The molecule has 1 saturated heterocycles. The third-order valence-corrected chi connectivity index (χ3v) is 6.84. The van der Waals surface area contributed by atoms with Gasteiger partial charge in [0.2, 0.25) is 6.79 Å². The summed E-state index contributed by atoms with van der Waals surface area (Å²) in [5.41, 5.74) is 2.21. The lowest BCUT2D eigenvalue weighted by atomic mass is 9.85. The zero-order chi connectivity index (χ0) is 27.2. The molecule has 0 saturated carbocycles. The molecule has 5 rings (SSSR count). The Morgan fingerprint density at radius 2 is 1.55 bits per heavy atom. The Kier molecular flexibility index (Phi) is 6.26. The van der Waals surface area contributed by atoms with E-state index in [-0.39, 0.29) is 29.1 Å². The van der Waals surface area contributed by atoms with E-state index in [4.69, 9.17) is 18.9 Å². The van der Waals surface area contributed by atoms with Crippen LogP contribution < -0.4 is 23.8 Å². The van der Waals surface area contributed by atoms with E-state index in [0.29, 0.717) is 34.2 Å². The van der Waals surface area contributed by atoms with Gasteiger partial charge in [-0.15, -0.1) is 0 Å². The van der Waals surface area contributed by atoms with Gasteiger partial charge >= 0.3 is 0 Å². The Morgan fingerprint density at radius 1 is 0.921 bits per heavy atom. The van der Waals surface area contributed by atoms with Gasteiger partial charge in [-0.1, -0.05) is 51.1 Å². The molecule has 2 heterocycles. The van der Waals surface area contributed by atoms with Crippen molar-refractivity contribution in [3.63, 3.8) is 0 Å². The average Bonchev–Trinajstić information content (AvgIpc) is 3.49. The number of hydrogen-bond acceptors (Lipinski definition) is 7. The lowest BCUT2D eigenvalue weighted by molar-refractivity contribution is -0.132. The monoisotopic (exact) mass is 515 g/mol. The molecule has 1 fully saturated rings. The first-order valence-electron chi connectivity index (χ1n) is 12.2. The second-order valence-corrected chi connectivity index (χ2v) is 10.1. The molecule has 2 aliphatic heterocycles. The third kappa shape index (κ3) is 4.12. The number of anilines is 1. The lowest BCUT2D eigenvalue weighted by Gasteiger charge is -2.27. The van der Waals surface area contributed by atoms with Crippen LogP contribution in [0.15, 0.2) is 66.2 Å². The van der Waals surface area contributed by atoms with E-state index in [1.807, 2.05) is 24.3 Å². The number of benzene rings is 3. The van der Waals surface area contributed by atoms with Crippen LogP contribution in [0.5, 0.6) is 23.0 Å². The molecule has 1 atom stereocenters. The molecule has 1 unspecified atom stereocenters. The molecule has 0 bridgehead atoms. The molecule has 196 valence electrons. The van der Waals surface area contributed by atoms with E-state index < -0.39 is 17.7 Å². The van der Waals surface area contributed by atoms with Crippen LogP contribution in [0.25, 0.3) is 5.76 Å². The van der Waals surface area contributed by atoms with Crippen LogP contribution in [0.3, 0.4) is 0 Å². The predicted octanol–water partition coefficient (Wildman–Crippen LogP) is 5.36. The first kappa shape index (κ1) is 25.2. The first-order valence-corrected chi connectivity index (χ1v) is 12.2. The van der Waals surface area contributed by atoms with Gasteiger partial charge in [-0.2, -0.15) is 0 Å². The second kappa shape index (κ2) is 9.45. The third-order valence-electron chi connectivity index (χ3n) is 6.84. The molecule has 38 heavy (non-hydrogen) atoms. The summed E-state index contributed by atoms with van der Waals surface area (Å²) in [6, 6.07) is 16.8. The van der Waals surface area contributed by atoms with E-state index in [0.717, 1.165) is 5.56 Å². The van der Waals surface area contributed by atoms with Crippen molar-refractivity contribution >= 4 is 23.1 Å². The maximum atomic E-state index is 13.6. The normalized spacial score (nSPS) is 18.1. The van der Waals surface area contributed by atoms with Gasteiger partial charge in [0.1, 0.15) is 22.8 Å². The van der Waals surface area contributed by atoms with Crippen molar-refractivity contribution in [1.29, 1.82) is 0 Å². The van der Waals surface area contributed by atoms with E-state index >= 15 is 0 Å². The number of carbonyl (C=O) groups excluding carboxylic acids is 2. The highest BCUT2D eigenvalue weighted by atomic mass is 16.7. The Labute approximate surface area is 221 Å². The van der Waals surface area contributed by atoms with Crippen molar-refractivity contribution in [2.45, 2.75) is 32.2 Å². The maximum absolute atomic E-state index is 13.6. The summed E-state index contributed by atoms with van der Waals surface area (Å²) in [5, 5.41) is 11.6. The minimum absolute atomic E-state index is 0.0704. The molecule has 1 N–H and O–H groups in total. The van der Waals surface area contributed by atoms with Crippen molar-refractivity contribution in [2.24, 2.45) is 0 Å². The zero-order valence-electron chi connectivity index (χ0n) is 21.9. The first-order chi connectivity index (χ1) is 18.2. The molecule has 2 aliphatic rings. The fourth-order valence-corrected chi connectivity index (χ4v) is 4.83. The number of hydrogen-bond donors (Lipinski definition) is 1. The maximum Gasteiger partial charge on any atom is 0.300 e. The molecule has 1 amide bonds. The van der Waals surface area contributed by atoms with Gasteiger partial charge in [0.25, 0.3) is 11.7 Å². The molecule has 3 aromatic carbocycles. The smallest absolute Gasteiger partial charge is 0.300 e. The molecule has 3 aromatic rings. The molecule has 0 spiro atoms. The van der Waals surface area contributed by atoms with E-state index in [1.165, 1.54) is 19.1 Å². The Bertz CT molecular complexity index is 1430. The molecule has 0 aromatic heterocycles. The van der Waals surface area contributed by atoms with Gasteiger partial charge in [0.05, 0.1) is 25.8 Å². The molecular weight excluding hydrogens is 486 g/mol. The van der Waals surface area contributed by atoms with E-state index in [2.05, 4.69) is 20.8 Å². The number of amides is 1. The number of ether oxygens (including phenoxy) is 4. The van der Waals surface area contributed by atoms with Crippen molar-refractivity contribution in [3.8, 4) is 23.0 Å². The quantitative estimate of drug-likeness (QED) is 0.278. The lowest BCUT2D eigenvalue weighted by Crippen LogP contribution is -2.29. The molecule has 0 radical (unpaired) electrons. The fraction of sp³-hybridized carbons (Fsp3) is 0.267. The number of carbonyl (C=O) groups is 2. The van der Waals surface area contributed by atoms with E-state index in [9.17, 15) is 14.7 Å². The number of Topliss-reactive ketones (excluding diaryl/α,β-unsaturated/α-hetero) is 1. The summed E-state index contributed by atoms with van der Waals surface area (Å²) < 4.78 is 21.9. The molecule has 8 heteroatoms. The van der Waals surface area contributed by atoms with Crippen LogP contribution in [0.4, 0.5) is 5.69 Å². The topological polar surface area (TPSA) is 94.5 Å². The molecule has 0 aliphatic carbocycles. The van der Waals surface area contributed by atoms with E-state index in [1.54, 1.807) is 36.4 Å². The van der Waals surface area contributed by atoms with Crippen LogP contribution >= 0.6 is 0 Å². The highest BCUT2D eigenvalue weighted by Crippen LogP contribution is 2.47. The number of rotatable bonds is 5. The van der Waals surface area contributed by atoms with Crippen molar-refractivity contribution in [2.75, 3.05) is 25.9 Å². The summed E-state index contributed by atoms with van der Waals surface area (Å²) in [4.78, 5) is 28.5. The van der Waals surface area contributed by atoms with Crippen molar-refractivity contribution in [1.82, 2.24) is 0 Å². The van der Waals surface area contributed by atoms with Gasteiger partial charge in [-0.05, 0) is 40.8 Å². The number of nitrogens with zero attached hydrogens (tertiary/aromatic N) is 1. The van der Waals surface area contributed by atoms with Gasteiger partial charge in [-0.25, -0.2) is 0 Å².